The molecule has 0 aliphatic rings. The van der Waals surface area contributed by atoms with Crippen LogP contribution in [-0.2, 0) is 4.79 Å². The Kier molecular flexibility index (Phi) is 3.94. The van der Waals surface area contributed by atoms with Gasteiger partial charge in [0.15, 0.2) is 0 Å². The van der Waals surface area contributed by atoms with Crippen LogP contribution < -0.4 is 11.1 Å². The highest BCUT2D eigenvalue weighted by Crippen LogP contribution is 2.21. The number of primary amides is 1. The Bertz CT molecular complexity index is 449. The molecule has 0 aromatic carbocycles. The van der Waals surface area contributed by atoms with E-state index in [4.69, 9.17) is 10.8 Å². The number of pyridine rings is 1. The van der Waals surface area contributed by atoms with E-state index in [1.54, 1.807) is 6.92 Å². The molecule has 4 N–H and O–H groups in total. The summed E-state index contributed by atoms with van der Waals surface area (Å²) in [6, 6.07) is 2.79. The molecule has 17 heavy (non-hydrogen) atoms. The number of nitrogens with two attached hydrogens (primary N) is 1. The van der Waals surface area contributed by atoms with E-state index in [2.05, 4.69) is 10.3 Å². The highest BCUT2D eigenvalue weighted by atomic mass is 16.6. The zero-order chi connectivity index (χ0) is 13.0. The second kappa shape index (κ2) is 5.21. The van der Waals surface area contributed by atoms with E-state index in [1.165, 1.54) is 12.1 Å². The average Bonchev–Trinajstić information content (AvgIpc) is 2.25. The van der Waals surface area contributed by atoms with Crippen molar-refractivity contribution >= 4 is 17.4 Å². The maximum atomic E-state index is 10.7. The number of aryl methyl sites for hydroxylation is 1. The SMILES string of the molecule is Cc1ccc([N+](=O)[O-])c(NCC(O)C(N)=O)n1. The molecule has 1 heterocycles. The Morgan fingerprint density at radius 3 is 2.88 bits per heavy atom. The predicted octanol–water partition coefficient (Wildman–Crippen LogP) is -0.444. The molecule has 1 amide bonds. The third-order valence-electron chi connectivity index (χ3n) is 2.00. The van der Waals surface area contributed by atoms with Crippen molar-refractivity contribution in [2.45, 2.75) is 13.0 Å². The Morgan fingerprint density at radius 2 is 2.35 bits per heavy atom. The Morgan fingerprint density at radius 1 is 1.71 bits per heavy atom. The molecule has 0 aliphatic heterocycles. The summed E-state index contributed by atoms with van der Waals surface area (Å²) in [4.78, 5) is 24.6. The van der Waals surface area contributed by atoms with Crippen molar-refractivity contribution in [3.63, 3.8) is 0 Å². The zero-order valence-electron chi connectivity index (χ0n) is 9.08. The molecular formula is C9H12N4O4. The number of carbonyl (C=O) groups excluding carboxylic acids is 1. The molecular weight excluding hydrogens is 228 g/mol. The number of carbonyl (C=O) groups is 1. The number of nitrogens with zero attached hydrogens (tertiary/aromatic N) is 2. The topological polar surface area (TPSA) is 131 Å². The molecule has 0 bridgehead atoms. The summed E-state index contributed by atoms with van der Waals surface area (Å²) in [5.74, 6) is -0.914. The molecule has 8 nitrogen and oxygen atoms in total. The molecule has 0 saturated carbocycles. The molecule has 92 valence electrons. The Labute approximate surface area is 96.6 Å². The van der Waals surface area contributed by atoms with Crippen LogP contribution in [0, 0.1) is 17.0 Å². The van der Waals surface area contributed by atoms with Gasteiger partial charge in [-0.05, 0) is 13.0 Å². The lowest BCUT2D eigenvalue weighted by Gasteiger charge is -2.09. The zero-order valence-corrected chi connectivity index (χ0v) is 9.08. The first-order chi connectivity index (χ1) is 7.91. The molecule has 1 aromatic rings. The van der Waals surface area contributed by atoms with E-state index >= 15 is 0 Å². The molecule has 1 aromatic heterocycles. The molecule has 8 heteroatoms. The van der Waals surface area contributed by atoms with Gasteiger partial charge in [0.1, 0.15) is 6.10 Å². The van der Waals surface area contributed by atoms with Gasteiger partial charge >= 0.3 is 5.69 Å². The van der Waals surface area contributed by atoms with Crippen LogP contribution in [0.2, 0.25) is 0 Å². The molecule has 1 atom stereocenters. The smallest absolute Gasteiger partial charge is 0.311 e. The minimum absolute atomic E-state index is 0.00435. The maximum absolute atomic E-state index is 10.7. The third-order valence-corrected chi connectivity index (χ3v) is 2.00. The summed E-state index contributed by atoms with van der Waals surface area (Å²) >= 11 is 0. The largest absolute Gasteiger partial charge is 0.381 e. The van der Waals surface area contributed by atoms with E-state index in [0.717, 1.165) is 0 Å². The van der Waals surface area contributed by atoms with Gasteiger partial charge < -0.3 is 16.2 Å². The van der Waals surface area contributed by atoms with Crippen molar-refractivity contribution < 1.29 is 14.8 Å². The van der Waals surface area contributed by atoms with E-state index < -0.39 is 16.9 Å². The number of amides is 1. The van der Waals surface area contributed by atoms with Gasteiger partial charge in [-0.1, -0.05) is 0 Å². The minimum Gasteiger partial charge on any atom is -0.381 e. The highest BCUT2D eigenvalue weighted by molar-refractivity contribution is 5.79. The van der Waals surface area contributed by atoms with Crippen molar-refractivity contribution in [3.8, 4) is 0 Å². The average molecular weight is 240 g/mol. The number of aliphatic hydroxyl groups is 1. The molecule has 0 radical (unpaired) electrons. The van der Waals surface area contributed by atoms with Crippen LogP contribution in [0.5, 0.6) is 0 Å². The van der Waals surface area contributed by atoms with Gasteiger partial charge in [-0.3, -0.25) is 14.9 Å². The first-order valence-corrected chi connectivity index (χ1v) is 4.75. The lowest BCUT2D eigenvalue weighted by atomic mass is 10.3. The van der Waals surface area contributed by atoms with E-state index in [9.17, 15) is 14.9 Å². The van der Waals surface area contributed by atoms with Crippen LogP contribution in [0.15, 0.2) is 12.1 Å². The normalized spacial score (nSPS) is 11.9. The monoisotopic (exact) mass is 240 g/mol. The van der Waals surface area contributed by atoms with Gasteiger partial charge in [-0.25, -0.2) is 4.98 Å². The van der Waals surface area contributed by atoms with Gasteiger partial charge in [0.25, 0.3) is 0 Å². The molecule has 0 fully saturated rings. The quantitative estimate of drug-likeness (QED) is 0.472. The fourth-order valence-electron chi connectivity index (χ4n) is 1.12. The van der Waals surface area contributed by atoms with Crippen molar-refractivity contribution in [2.24, 2.45) is 5.73 Å². The summed E-state index contributed by atoms with van der Waals surface area (Å²) in [7, 11) is 0. The van der Waals surface area contributed by atoms with Crippen LogP contribution in [0.1, 0.15) is 5.69 Å². The van der Waals surface area contributed by atoms with E-state index in [-0.39, 0.29) is 18.1 Å². The summed E-state index contributed by atoms with van der Waals surface area (Å²) in [6.45, 7) is 1.44. The minimum atomic E-state index is -1.42. The Hall–Kier alpha value is -2.22. The number of hydrogen-bond acceptors (Lipinski definition) is 6. The molecule has 0 spiro atoms. The predicted molar refractivity (Wildman–Crippen MR) is 59.3 cm³/mol. The summed E-state index contributed by atoms with van der Waals surface area (Å²) in [5, 5.41) is 22.3. The highest BCUT2D eigenvalue weighted by Gasteiger charge is 2.17. The lowest BCUT2D eigenvalue weighted by molar-refractivity contribution is -0.384. The van der Waals surface area contributed by atoms with Crippen LogP contribution in [0.4, 0.5) is 11.5 Å². The summed E-state index contributed by atoms with van der Waals surface area (Å²) < 4.78 is 0. The van der Waals surface area contributed by atoms with Gasteiger partial charge in [0.05, 0.1) is 11.5 Å². The number of anilines is 1. The first-order valence-electron chi connectivity index (χ1n) is 4.75. The molecule has 0 aliphatic carbocycles. The number of rotatable bonds is 5. The molecule has 1 unspecified atom stereocenters. The van der Waals surface area contributed by atoms with Crippen molar-refractivity contribution in [2.75, 3.05) is 11.9 Å². The second-order valence-corrected chi connectivity index (χ2v) is 3.38. The van der Waals surface area contributed by atoms with Gasteiger partial charge in [0, 0.05) is 11.8 Å². The van der Waals surface area contributed by atoms with Crippen molar-refractivity contribution in [1.29, 1.82) is 0 Å². The van der Waals surface area contributed by atoms with Crippen molar-refractivity contribution in [3.05, 3.63) is 27.9 Å². The fourth-order valence-corrected chi connectivity index (χ4v) is 1.12. The van der Waals surface area contributed by atoms with Gasteiger partial charge in [-0.15, -0.1) is 0 Å². The lowest BCUT2D eigenvalue weighted by Crippen LogP contribution is -2.34. The molecule has 0 saturated heterocycles. The molecule has 1 rings (SSSR count). The number of nitro groups is 1. The van der Waals surface area contributed by atoms with Crippen LogP contribution in [-0.4, -0.2) is 33.6 Å². The summed E-state index contributed by atoms with van der Waals surface area (Å²) in [6.07, 6.45) is -1.42. The van der Waals surface area contributed by atoms with E-state index in [0.29, 0.717) is 5.69 Å². The van der Waals surface area contributed by atoms with Crippen molar-refractivity contribution in [1.82, 2.24) is 4.98 Å². The van der Waals surface area contributed by atoms with Crippen LogP contribution >= 0.6 is 0 Å². The fraction of sp³-hybridized carbons (Fsp3) is 0.333. The third kappa shape index (κ3) is 3.38. The van der Waals surface area contributed by atoms with Gasteiger partial charge in [0.2, 0.25) is 11.7 Å². The standard InChI is InChI=1S/C9H12N4O4/c1-5-2-3-6(13(16)17)9(12-5)11-4-7(14)8(10)15/h2-3,7,14H,4H2,1H3,(H2,10,15)(H,11,12). The second-order valence-electron chi connectivity index (χ2n) is 3.38. The first kappa shape index (κ1) is 12.8. The van der Waals surface area contributed by atoms with Crippen LogP contribution in [0.3, 0.4) is 0 Å². The number of aromatic nitrogens is 1. The number of hydrogen-bond donors (Lipinski definition) is 3. The van der Waals surface area contributed by atoms with E-state index in [1.807, 2.05) is 0 Å². The maximum Gasteiger partial charge on any atom is 0.311 e. The summed E-state index contributed by atoms with van der Waals surface area (Å²) in [5.41, 5.74) is 5.19. The van der Waals surface area contributed by atoms with Gasteiger partial charge in [-0.2, -0.15) is 0 Å². The Balaban J connectivity index is 2.85. The van der Waals surface area contributed by atoms with Crippen LogP contribution in [0.25, 0.3) is 0 Å². The number of nitrogens with one attached hydrogen (secondary N) is 1. The number of aliphatic hydroxyl groups excluding tert-OH is 1.